The number of hydrogen-bond acceptors (Lipinski definition) is 5. The van der Waals surface area contributed by atoms with E-state index in [1.165, 1.54) is 23.5 Å². The molecule has 0 fully saturated rings. The van der Waals surface area contributed by atoms with Gasteiger partial charge >= 0.3 is 6.61 Å². The van der Waals surface area contributed by atoms with Crippen molar-refractivity contribution in [3.63, 3.8) is 0 Å². The summed E-state index contributed by atoms with van der Waals surface area (Å²) in [4.78, 5) is 6.06. The van der Waals surface area contributed by atoms with Gasteiger partial charge in [-0.15, -0.1) is 22.7 Å². The maximum Gasteiger partial charge on any atom is 0.387 e. The largest absolute Gasteiger partial charge is 0.435 e. The molecular formula is C17H15F2N3OS2. The van der Waals surface area contributed by atoms with Crippen LogP contribution in [0.1, 0.15) is 10.4 Å². The third kappa shape index (κ3) is 4.02. The third-order valence-corrected chi connectivity index (χ3v) is 5.30. The second kappa shape index (κ2) is 7.71. The predicted molar refractivity (Wildman–Crippen MR) is 97.9 cm³/mol. The van der Waals surface area contributed by atoms with Gasteiger partial charge in [-0.25, -0.2) is 4.68 Å². The number of thiophene rings is 1. The summed E-state index contributed by atoms with van der Waals surface area (Å²) in [6.07, 6.45) is 1.80. The highest BCUT2D eigenvalue weighted by molar-refractivity contribution is 7.11. The molecule has 25 heavy (non-hydrogen) atoms. The molecule has 3 rings (SSSR count). The van der Waals surface area contributed by atoms with E-state index in [1.807, 2.05) is 23.8 Å². The van der Waals surface area contributed by atoms with Crippen molar-refractivity contribution in [2.24, 2.45) is 10.1 Å². The molecule has 0 aliphatic carbocycles. The number of halogens is 2. The van der Waals surface area contributed by atoms with Gasteiger partial charge in [0, 0.05) is 18.0 Å². The molecule has 0 spiro atoms. The molecule has 0 radical (unpaired) electrons. The zero-order valence-corrected chi connectivity index (χ0v) is 15.2. The smallest absolute Gasteiger partial charge is 0.387 e. The van der Waals surface area contributed by atoms with E-state index >= 15 is 0 Å². The second-order valence-corrected chi connectivity index (χ2v) is 6.84. The first-order chi connectivity index (χ1) is 12.1. The lowest BCUT2D eigenvalue weighted by atomic mass is 10.2. The van der Waals surface area contributed by atoms with Crippen molar-refractivity contribution in [3.8, 4) is 17.0 Å². The molecule has 0 saturated carbocycles. The molecule has 1 aromatic carbocycles. The van der Waals surface area contributed by atoms with Crippen LogP contribution >= 0.6 is 22.7 Å². The molecule has 0 atom stereocenters. The standard InChI is InChI=1S/C17H15F2N3OS2/c1-11-7-8-24-15(11)9-21-22-14(10-25-17(22)20-2)12-3-5-13(6-4-12)23-16(18)19/h3-10,16H,1-2H3/b20-17?,21-9-. The highest BCUT2D eigenvalue weighted by Gasteiger charge is 2.09. The highest BCUT2D eigenvalue weighted by atomic mass is 32.1. The Hall–Kier alpha value is -2.32. The Morgan fingerprint density at radius 3 is 2.52 bits per heavy atom. The van der Waals surface area contributed by atoms with Gasteiger partial charge in [0.15, 0.2) is 0 Å². The van der Waals surface area contributed by atoms with Crippen LogP contribution in [0, 0.1) is 6.92 Å². The molecule has 0 N–H and O–H groups in total. The normalized spacial score (nSPS) is 12.4. The Kier molecular flexibility index (Phi) is 5.40. The van der Waals surface area contributed by atoms with Crippen molar-refractivity contribution in [1.82, 2.24) is 4.68 Å². The van der Waals surface area contributed by atoms with Crippen molar-refractivity contribution >= 4 is 28.9 Å². The SMILES string of the molecule is CN=c1scc(-c2ccc(OC(F)F)cc2)n1/N=C\c1sccc1C. The van der Waals surface area contributed by atoms with Crippen LogP contribution in [0.3, 0.4) is 0 Å². The fourth-order valence-corrected chi connectivity index (χ4v) is 3.78. The van der Waals surface area contributed by atoms with Crippen LogP contribution in [-0.2, 0) is 0 Å². The van der Waals surface area contributed by atoms with Gasteiger partial charge in [0.1, 0.15) is 5.75 Å². The molecule has 130 valence electrons. The minimum absolute atomic E-state index is 0.124. The molecule has 0 aliphatic rings. The van der Waals surface area contributed by atoms with Crippen LogP contribution in [0.5, 0.6) is 5.75 Å². The zero-order valence-electron chi connectivity index (χ0n) is 13.5. The Morgan fingerprint density at radius 2 is 1.92 bits per heavy atom. The molecule has 0 bridgehead atoms. The number of thiazole rings is 1. The van der Waals surface area contributed by atoms with E-state index in [0.29, 0.717) is 0 Å². The molecule has 8 heteroatoms. The summed E-state index contributed by atoms with van der Waals surface area (Å²) in [5.74, 6) is 0.124. The van der Waals surface area contributed by atoms with Crippen molar-refractivity contribution in [2.45, 2.75) is 13.5 Å². The number of ether oxygens (including phenoxy) is 1. The molecule has 0 aliphatic heterocycles. The zero-order chi connectivity index (χ0) is 17.8. The predicted octanol–water partition coefficient (Wildman–Crippen LogP) is 4.60. The highest BCUT2D eigenvalue weighted by Crippen LogP contribution is 2.24. The fraction of sp³-hybridized carbons (Fsp3) is 0.176. The Balaban J connectivity index is 1.96. The van der Waals surface area contributed by atoms with E-state index in [9.17, 15) is 8.78 Å². The Labute approximate surface area is 151 Å². The van der Waals surface area contributed by atoms with Gasteiger partial charge in [-0.3, -0.25) is 4.99 Å². The Morgan fingerprint density at radius 1 is 1.16 bits per heavy atom. The number of aromatic nitrogens is 1. The number of nitrogens with zero attached hydrogens (tertiary/aromatic N) is 3. The van der Waals surface area contributed by atoms with Crippen LogP contribution in [0.15, 0.2) is 51.2 Å². The summed E-state index contributed by atoms with van der Waals surface area (Å²) in [6, 6.07) is 8.51. The first-order valence-corrected chi connectivity index (χ1v) is 9.11. The monoisotopic (exact) mass is 379 g/mol. The number of alkyl halides is 2. The van der Waals surface area contributed by atoms with Gasteiger partial charge in [0.2, 0.25) is 4.80 Å². The van der Waals surface area contributed by atoms with Crippen LogP contribution in [-0.4, -0.2) is 24.5 Å². The first kappa shape index (κ1) is 17.5. The van der Waals surface area contributed by atoms with E-state index < -0.39 is 6.61 Å². The Bertz CT molecular complexity index is 939. The molecule has 2 aromatic heterocycles. The van der Waals surface area contributed by atoms with Crippen molar-refractivity contribution in [2.75, 3.05) is 7.05 Å². The van der Waals surface area contributed by atoms with Crippen molar-refractivity contribution in [1.29, 1.82) is 0 Å². The third-order valence-electron chi connectivity index (χ3n) is 3.44. The van der Waals surface area contributed by atoms with Crippen LogP contribution in [0.25, 0.3) is 11.3 Å². The van der Waals surface area contributed by atoms with E-state index in [2.05, 4.69) is 14.8 Å². The first-order valence-electron chi connectivity index (χ1n) is 7.35. The minimum atomic E-state index is -2.83. The number of hydrogen-bond donors (Lipinski definition) is 0. The van der Waals surface area contributed by atoms with Crippen molar-refractivity contribution < 1.29 is 13.5 Å². The summed E-state index contributed by atoms with van der Waals surface area (Å²) in [5, 5.41) is 8.51. The van der Waals surface area contributed by atoms with Crippen LogP contribution in [0.4, 0.5) is 8.78 Å². The maximum absolute atomic E-state index is 12.3. The van der Waals surface area contributed by atoms with Gasteiger partial charge in [0.25, 0.3) is 0 Å². The summed E-state index contributed by atoms with van der Waals surface area (Å²) < 4.78 is 30.7. The quantitative estimate of drug-likeness (QED) is 0.597. The summed E-state index contributed by atoms with van der Waals surface area (Å²) in [6.45, 7) is -0.801. The lowest BCUT2D eigenvalue weighted by Crippen LogP contribution is -2.11. The lowest BCUT2D eigenvalue weighted by Gasteiger charge is -2.06. The molecule has 2 heterocycles. The minimum Gasteiger partial charge on any atom is -0.435 e. The van der Waals surface area contributed by atoms with Crippen molar-refractivity contribution in [3.05, 3.63) is 56.3 Å². The number of benzene rings is 1. The number of rotatable bonds is 5. The van der Waals surface area contributed by atoms with E-state index in [0.717, 1.165) is 26.5 Å². The summed E-state index contributed by atoms with van der Waals surface area (Å²) in [7, 11) is 1.71. The van der Waals surface area contributed by atoms with E-state index in [-0.39, 0.29) is 5.75 Å². The van der Waals surface area contributed by atoms with Gasteiger partial charge < -0.3 is 4.74 Å². The average Bonchev–Trinajstić information content (AvgIpc) is 3.18. The topological polar surface area (TPSA) is 38.9 Å². The average molecular weight is 379 g/mol. The summed E-state index contributed by atoms with van der Waals surface area (Å²) >= 11 is 3.08. The van der Waals surface area contributed by atoms with Gasteiger partial charge in [-0.05, 0) is 48.2 Å². The van der Waals surface area contributed by atoms with Gasteiger partial charge in [-0.1, -0.05) is 0 Å². The second-order valence-electron chi connectivity index (χ2n) is 5.05. The molecular weight excluding hydrogens is 364 g/mol. The van der Waals surface area contributed by atoms with Gasteiger partial charge in [0.05, 0.1) is 16.8 Å². The fourth-order valence-electron chi connectivity index (χ4n) is 2.19. The van der Waals surface area contributed by atoms with Crippen LogP contribution in [0.2, 0.25) is 0 Å². The maximum atomic E-state index is 12.3. The number of aryl methyl sites for hydroxylation is 1. The molecule has 0 unspecified atom stereocenters. The molecule has 0 saturated heterocycles. The molecule has 3 aromatic rings. The van der Waals surface area contributed by atoms with E-state index in [4.69, 9.17) is 0 Å². The lowest BCUT2D eigenvalue weighted by molar-refractivity contribution is -0.0498. The van der Waals surface area contributed by atoms with Gasteiger partial charge in [-0.2, -0.15) is 13.9 Å². The molecule has 4 nitrogen and oxygen atoms in total. The van der Waals surface area contributed by atoms with Crippen LogP contribution < -0.4 is 9.54 Å². The molecule has 0 amide bonds. The summed E-state index contributed by atoms with van der Waals surface area (Å²) in [5.41, 5.74) is 2.84. The van der Waals surface area contributed by atoms with E-state index in [1.54, 1.807) is 41.4 Å².